The quantitative estimate of drug-likeness (QED) is 0.473. The van der Waals surface area contributed by atoms with Gasteiger partial charge in [0.1, 0.15) is 6.10 Å². The molecule has 1 heterocycles. The molecule has 0 aliphatic carbocycles. The standard InChI is InChI=1S/C18H26F3N3O2/c1-3-22-17(23-8-5-10-25-2)24-9-11-26-16(13-24)14-6-4-7-15(12-14)18(19,20)21/h4,6-7,12,16H,3,5,8-11,13H2,1-2H3,(H,22,23). The summed E-state index contributed by atoms with van der Waals surface area (Å²) in [5, 5.41) is 3.24. The number of hydrogen-bond acceptors (Lipinski definition) is 3. The predicted molar refractivity (Wildman–Crippen MR) is 94.2 cm³/mol. The van der Waals surface area contributed by atoms with Gasteiger partial charge in [0.25, 0.3) is 0 Å². The van der Waals surface area contributed by atoms with Crippen molar-refractivity contribution in [3.8, 4) is 0 Å². The van der Waals surface area contributed by atoms with Crippen LogP contribution >= 0.6 is 0 Å². The summed E-state index contributed by atoms with van der Waals surface area (Å²) in [6.07, 6.45) is -3.97. The zero-order valence-electron chi connectivity index (χ0n) is 15.2. The molecular weight excluding hydrogens is 347 g/mol. The second kappa shape index (κ2) is 9.78. The number of hydrogen-bond donors (Lipinski definition) is 1. The lowest BCUT2D eigenvalue weighted by Crippen LogP contribution is -2.48. The fraction of sp³-hybridized carbons (Fsp3) is 0.611. The highest BCUT2D eigenvalue weighted by atomic mass is 19.4. The van der Waals surface area contributed by atoms with Gasteiger partial charge >= 0.3 is 6.18 Å². The first kappa shape index (κ1) is 20.5. The number of aliphatic imine (C=N–C) groups is 1. The average Bonchev–Trinajstić information content (AvgIpc) is 2.64. The number of guanidine groups is 1. The van der Waals surface area contributed by atoms with Crippen molar-refractivity contribution < 1.29 is 22.6 Å². The number of ether oxygens (including phenoxy) is 2. The smallest absolute Gasteiger partial charge is 0.385 e. The lowest BCUT2D eigenvalue weighted by molar-refractivity contribution is -0.137. The molecule has 1 aliphatic rings. The van der Waals surface area contributed by atoms with Crippen LogP contribution in [0.2, 0.25) is 0 Å². The molecule has 1 fully saturated rings. The fourth-order valence-electron chi connectivity index (χ4n) is 2.78. The maximum absolute atomic E-state index is 13.0. The second-order valence-electron chi connectivity index (χ2n) is 6.01. The number of benzene rings is 1. The second-order valence-corrected chi connectivity index (χ2v) is 6.01. The Morgan fingerprint density at radius 2 is 2.23 bits per heavy atom. The summed E-state index contributed by atoms with van der Waals surface area (Å²) >= 11 is 0. The first-order valence-corrected chi connectivity index (χ1v) is 8.76. The van der Waals surface area contributed by atoms with Crippen LogP contribution in [0, 0.1) is 0 Å². The Morgan fingerprint density at radius 3 is 2.92 bits per heavy atom. The van der Waals surface area contributed by atoms with E-state index < -0.39 is 17.8 Å². The van der Waals surface area contributed by atoms with Crippen molar-refractivity contribution in [2.45, 2.75) is 25.6 Å². The van der Waals surface area contributed by atoms with Crippen molar-refractivity contribution in [1.82, 2.24) is 10.2 Å². The van der Waals surface area contributed by atoms with Crippen LogP contribution in [0.15, 0.2) is 29.3 Å². The van der Waals surface area contributed by atoms with Crippen LogP contribution in [0.3, 0.4) is 0 Å². The van der Waals surface area contributed by atoms with Gasteiger partial charge in [0, 0.05) is 33.4 Å². The van der Waals surface area contributed by atoms with Crippen LogP contribution in [-0.2, 0) is 15.7 Å². The van der Waals surface area contributed by atoms with Crippen LogP contribution in [0.5, 0.6) is 0 Å². The van der Waals surface area contributed by atoms with Gasteiger partial charge in [0.2, 0.25) is 0 Å². The molecular formula is C18H26F3N3O2. The summed E-state index contributed by atoms with van der Waals surface area (Å²) < 4.78 is 49.6. The van der Waals surface area contributed by atoms with Gasteiger partial charge in [-0.05, 0) is 31.0 Å². The Bertz CT molecular complexity index is 593. The van der Waals surface area contributed by atoms with Gasteiger partial charge in [-0.1, -0.05) is 12.1 Å². The Kier molecular flexibility index (Phi) is 7.71. The van der Waals surface area contributed by atoms with E-state index in [0.29, 0.717) is 45.0 Å². The molecule has 1 aliphatic heterocycles. The summed E-state index contributed by atoms with van der Waals surface area (Å²) in [6.45, 7) is 5.50. The molecule has 0 saturated carbocycles. The number of rotatable bonds is 6. The zero-order valence-corrected chi connectivity index (χ0v) is 15.2. The van der Waals surface area contributed by atoms with E-state index in [-0.39, 0.29) is 0 Å². The molecule has 0 aromatic heterocycles. The third-order valence-corrected chi connectivity index (χ3v) is 4.05. The maximum Gasteiger partial charge on any atom is 0.416 e. The molecule has 0 radical (unpaired) electrons. The zero-order chi connectivity index (χ0) is 19.0. The summed E-state index contributed by atoms with van der Waals surface area (Å²) in [4.78, 5) is 6.61. The van der Waals surface area contributed by atoms with Crippen LogP contribution in [0.4, 0.5) is 13.2 Å². The Labute approximate surface area is 152 Å². The van der Waals surface area contributed by atoms with Gasteiger partial charge in [-0.2, -0.15) is 13.2 Å². The molecule has 1 saturated heterocycles. The summed E-state index contributed by atoms with van der Waals surface area (Å²) in [5.41, 5.74) is -0.129. The van der Waals surface area contributed by atoms with Crippen molar-refractivity contribution in [3.63, 3.8) is 0 Å². The molecule has 0 bridgehead atoms. The predicted octanol–water partition coefficient (Wildman–Crippen LogP) is 3.08. The van der Waals surface area contributed by atoms with Gasteiger partial charge in [0.15, 0.2) is 5.96 Å². The van der Waals surface area contributed by atoms with Crippen LogP contribution < -0.4 is 5.32 Å². The minimum atomic E-state index is -4.36. The fourth-order valence-corrected chi connectivity index (χ4v) is 2.78. The molecule has 1 unspecified atom stereocenters. The van der Waals surface area contributed by atoms with E-state index >= 15 is 0 Å². The normalized spacial score (nSPS) is 18.9. The summed E-state index contributed by atoms with van der Waals surface area (Å²) in [5.74, 6) is 0.754. The Morgan fingerprint density at radius 1 is 1.42 bits per heavy atom. The van der Waals surface area contributed by atoms with Gasteiger partial charge < -0.3 is 19.7 Å². The molecule has 1 aromatic rings. The molecule has 26 heavy (non-hydrogen) atoms. The molecule has 1 atom stereocenters. The van der Waals surface area contributed by atoms with Crippen molar-refractivity contribution in [2.24, 2.45) is 4.99 Å². The molecule has 1 N–H and O–H groups in total. The molecule has 0 spiro atoms. The van der Waals surface area contributed by atoms with E-state index in [2.05, 4.69) is 10.3 Å². The lowest BCUT2D eigenvalue weighted by Gasteiger charge is -2.35. The SMILES string of the molecule is CCNC(=NCCCOC)N1CCOC(c2cccc(C(F)(F)F)c2)C1. The van der Waals surface area contributed by atoms with E-state index in [9.17, 15) is 13.2 Å². The molecule has 8 heteroatoms. The van der Waals surface area contributed by atoms with Crippen molar-refractivity contribution in [1.29, 1.82) is 0 Å². The number of alkyl halides is 3. The lowest BCUT2D eigenvalue weighted by atomic mass is 10.0. The Balaban J connectivity index is 2.09. The van der Waals surface area contributed by atoms with Gasteiger partial charge in [-0.25, -0.2) is 0 Å². The monoisotopic (exact) mass is 373 g/mol. The van der Waals surface area contributed by atoms with E-state index in [1.807, 2.05) is 11.8 Å². The van der Waals surface area contributed by atoms with E-state index in [4.69, 9.17) is 9.47 Å². The molecule has 146 valence electrons. The first-order valence-electron chi connectivity index (χ1n) is 8.76. The minimum Gasteiger partial charge on any atom is -0.385 e. The number of methoxy groups -OCH3 is 1. The van der Waals surface area contributed by atoms with Crippen molar-refractivity contribution in [3.05, 3.63) is 35.4 Å². The number of nitrogens with zero attached hydrogens (tertiary/aromatic N) is 2. The minimum absolute atomic E-state index is 0.422. The first-order chi connectivity index (χ1) is 12.5. The van der Waals surface area contributed by atoms with Crippen molar-refractivity contribution in [2.75, 3.05) is 46.5 Å². The third kappa shape index (κ3) is 5.88. The highest BCUT2D eigenvalue weighted by Crippen LogP contribution is 2.32. The van der Waals surface area contributed by atoms with E-state index in [1.54, 1.807) is 13.2 Å². The van der Waals surface area contributed by atoms with E-state index in [0.717, 1.165) is 24.5 Å². The van der Waals surface area contributed by atoms with Crippen LogP contribution in [0.1, 0.15) is 30.6 Å². The molecule has 0 amide bonds. The summed E-state index contributed by atoms with van der Waals surface area (Å²) in [6, 6.07) is 5.33. The third-order valence-electron chi connectivity index (χ3n) is 4.05. The van der Waals surface area contributed by atoms with E-state index in [1.165, 1.54) is 6.07 Å². The van der Waals surface area contributed by atoms with Crippen LogP contribution in [0.25, 0.3) is 0 Å². The highest BCUT2D eigenvalue weighted by Gasteiger charge is 2.32. The largest absolute Gasteiger partial charge is 0.416 e. The highest BCUT2D eigenvalue weighted by molar-refractivity contribution is 5.80. The Hall–Kier alpha value is -1.80. The van der Waals surface area contributed by atoms with Crippen molar-refractivity contribution >= 4 is 5.96 Å². The number of nitrogens with one attached hydrogen (secondary N) is 1. The van der Waals surface area contributed by atoms with Gasteiger partial charge in [0.05, 0.1) is 18.7 Å². The molecule has 2 rings (SSSR count). The number of morpholine rings is 1. The molecule has 1 aromatic carbocycles. The molecule has 5 nitrogen and oxygen atoms in total. The summed E-state index contributed by atoms with van der Waals surface area (Å²) in [7, 11) is 1.65. The maximum atomic E-state index is 13.0. The van der Waals surface area contributed by atoms with Gasteiger partial charge in [-0.15, -0.1) is 0 Å². The topological polar surface area (TPSA) is 46.1 Å². The average molecular weight is 373 g/mol. The van der Waals surface area contributed by atoms with Crippen LogP contribution in [-0.4, -0.2) is 57.4 Å². The number of halogens is 3. The van der Waals surface area contributed by atoms with Gasteiger partial charge in [-0.3, -0.25) is 4.99 Å².